The fourth-order valence-corrected chi connectivity index (χ4v) is 1.64. The molecule has 0 amide bonds. The van der Waals surface area contributed by atoms with E-state index in [9.17, 15) is 4.39 Å². The number of alkyl halides is 1. The summed E-state index contributed by atoms with van der Waals surface area (Å²) in [7, 11) is 0. The van der Waals surface area contributed by atoms with E-state index in [2.05, 4.69) is 31.3 Å². The molecule has 2 heterocycles. The number of hydrogen-bond donors (Lipinski definition) is 1. The molecule has 2 rings (SSSR count). The Morgan fingerprint density at radius 1 is 1.56 bits per heavy atom. The third-order valence-corrected chi connectivity index (χ3v) is 2.70. The summed E-state index contributed by atoms with van der Waals surface area (Å²) in [6.07, 6.45) is 3.50. The number of anilines is 1. The van der Waals surface area contributed by atoms with Crippen LogP contribution in [-0.2, 0) is 0 Å². The SMILES string of the molecule is CC(C)(F)CNc1ncc2c(Br)ccn2n1. The molecule has 0 saturated heterocycles. The Hall–Kier alpha value is -1.17. The summed E-state index contributed by atoms with van der Waals surface area (Å²) < 4.78 is 15.9. The van der Waals surface area contributed by atoms with Crippen LogP contribution in [0.5, 0.6) is 0 Å². The van der Waals surface area contributed by atoms with Crippen molar-refractivity contribution in [3.63, 3.8) is 0 Å². The van der Waals surface area contributed by atoms with Crippen LogP contribution in [0.25, 0.3) is 5.52 Å². The monoisotopic (exact) mass is 286 g/mol. The Bertz CT molecular complexity index is 503. The van der Waals surface area contributed by atoms with E-state index in [4.69, 9.17) is 0 Å². The summed E-state index contributed by atoms with van der Waals surface area (Å²) in [5, 5.41) is 7.05. The third kappa shape index (κ3) is 2.49. The van der Waals surface area contributed by atoms with Crippen molar-refractivity contribution in [1.29, 1.82) is 0 Å². The molecule has 1 N–H and O–H groups in total. The maximum atomic E-state index is 13.3. The lowest BCUT2D eigenvalue weighted by atomic mass is 10.2. The second-order valence-electron chi connectivity index (χ2n) is 4.15. The number of nitrogens with one attached hydrogen (secondary N) is 1. The van der Waals surface area contributed by atoms with Gasteiger partial charge in [0.25, 0.3) is 0 Å². The molecule has 0 saturated carbocycles. The van der Waals surface area contributed by atoms with Crippen LogP contribution < -0.4 is 5.32 Å². The lowest BCUT2D eigenvalue weighted by Crippen LogP contribution is -2.25. The second kappa shape index (κ2) is 4.01. The van der Waals surface area contributed by atoms with Crippen LogP contribution in [0, 0.1) is 0 Å². The van der Waals surface area contributed by atoms with E-state index in [1.807, 2.05) is 12.3 Å². The van der Waals surface area contributed by atoms with E-state index < -0.39 is 5.67 Å². The van der Waals surface area contributed by atoms with E-state index in [1.165, 1.54) is 13.8 Å². The van der Waals surface area contributed by atoms with Gasteiger partial charge in [0.05, 0.1) is 18.3 Å². The predicted octanol–water partition coefficient (Wildman–Crippen LogP) is 2.65. The molecule has 0 bridgehead atoms. The number of hydrogen-bond acceptors (Lipinski definition) is 3. The molecular weight excluding hydrogens is 275 g/mol. The zero-order valence-electron chi connectivity index (χ0n) is 9.04. The topological polar surface area (TPSA) is 42.2 Å². The van der Waals surface area contributed by atoms with E-state index in [0.717, 1.165) is 9.99 Å². The number of nitrogens with zero attached hydrogens (tertiary/aromatic N) is 3. The van der Waals surface area contributed by atoms with Crippen molar-refractivity contribution in [1.82, 2.24) is 14.6 Å². The van der Waals surface area contributed by atoms with Crippen LogP contribution in [0.4, 0.5) is 10.3 Å². The lowest BCUT2D eigenvalue weighted by Gasteiger charge is -2.14. The molecular formula is C10H12BrFN4. The Morgan fingerprint density at radius 2 is 2.31 bits per heavy atom. The lowest BCUT2D eigenvalue weighted by molar-refractivity contribution is 0.234. The first-order chi connectivity index (χ1) is 7.46. The first-order valence-corrected chi connectivity index (χ1v) is 5.68. The molecule has 0 aromatic carbocycles. The Kier molecular flexibility index (Phi) is 2.84. The zero-order valence-corrected chi connectivity index (χ0v) is 10.6. The minimum atomic E-state index is -1.28. The highest BCUT2D eigenvalue weighted by atomic mass is 79.9. The number of rotatable bonds is 3. The van der Waals surface area contributed by atoms with Crippen molar-refractivity contribution in [2.45, 2.75) is 19.5 Å². The summed E-state index contributed by atoms with van der Waals surface area (Å²) in [4.78, 5) is 4.10. The van der Waals surface area contributed by atoms with Gasteiger partial charge < -0.3 is 5.32 Å². The predicted molar refractivity (Wildman–Crippen MR) is 64.4 cm³/mol. The zero-order chi connectivity index (χ0) is 11.8. The molecule has 0 aliphatic carbocycles. The first kappa shape index (κ1) is 11.3. The highest BCUT2D eigenvalue weighted by Gasteiger charge is 2.15. The maximum Gasteiger partial charge on any atom is 0.241 e. The Labute approximate surface area is 101 Å². The molecule has 0 fully saturated rings. The average Bonchev–Trinajstić information content (AvgIpc) is 2.56. The quantitative estimate of drug-likeness (QED) is 0.943. The van der Waals surface area contributed by atoms with Gasteiger partial charge in [0, 0.05) is 10.7 Å². The molecule has 0 aliphatic heterocycles. The van der Waals surface area contributed by atoms with E-state index in [1.54, 1.807) is 10.7 Å². The van der Waals surface area contributed by atoms with Crippen molar-refractivity contribution in [3.05, 3.63) is 22.9 Å². The molecule has 0 aliphatic rings. The fraction of sp³-hybridized carbons (Fsp3) is 0.400. The molecule has 2 aromatic rings. The van der Waals surface area contributed by atoms with Crippen LogP contribution in [0.2, 0.25) is 0 Å². The van der Waals surface area contributed by atoms with Crippen molar-refractivity contribution in [2.75, 3.05) is 11.9 Å². The average molecular weight is 287 g/mol. The smallest absolute Gasteiger partial charge is 0.241 e. The summed E-state index contributed by atoms with van der Waals surface area (Å²) >= 11 is 3.38. The minimum Gasteiger partial charge on any atom is -0.350 e. The second-order valence-corrected chi connectivity index (χ2v) is 5.00. The number of halogens is 2. The summed E-state index contributed by atoms with van der Waals surface area (Å²) in [5.74, 6) is 0.418. The van der Waals surface area contributed by atoms with Crippen molar-refractivity contribution in [2.24, 2.45) is 0 Å². The highest BCUT2D eigenvalue weighted by Crippen LogP contribution is 2.18. The molecule has 0 atom stereocenters. The van der Waals surface area contributed by atoms with E-state index in [0.29, 0.717) is 5.95 Å². The van der Waals surface area contributed by atoms with Gasteiger partial charge in [0.1, 0.15) is 5.67 Å². The minimum absolute atomic E-state index is 0.181. The molecule has 6 heteroatoms. The number of aromatic nitrogens is 3. The Morgan fingerprint density at radius 3 is 3.00 bits per heavy atom. The van der Waals surface area contributed by atoms with Gasteiger partial charge in [0.2, 0.25) is 5.95 Å². The van der Waals surface area contributed by atoms with Crippen LogP contribution in [-0.4, -0.2) is 26.8 Å². The summed E-state index contributed by atoms with van der Waals surface area (Å²) in [5.41, 5.74) is -0.402. The van der Waals surface area contributed by atoms with Gasteiger partial charge in [-0.25, -0.2) is 13.9 Å². The van der Waals surface area contributed by atoms with Crippen molar-refractivity contribution < 1.29 is 4.39 Å². The van der Waals surface area contributed by atoms with Gasteiger partial charge in [-0.2, -0.15) is 0 Å². The van der Waals surface area contributed by atoms with Crippen LogP contribution in [0.3, 0.4) is 0 Å². The molecule has 0 radical (unpaired) electrons. The normalized spacial score (nSPS) is 12.0. The van der Waals surface area contributed by atoms with Gasteiger partial charge in [-0.3, -0.25) is 0 Å². The van der Waals surface area contributed by atoms with Gasteiger partial charge in [-0.1, -0.05) is 0 Å². The molecule has 2 aromatic heterocycles. The van der Waals surface area contributed by atoms with Crippen LogP contribution in [0.15, 0.2) is 22.9 Å². The van der Waals surface area contributed by atoms with Crippen LogP contribution in [0.1, 0.15) is 13.8 Å². The molecule has 16 heavy (non-hydrogen) atoms. The van der Waals surface area contributed by atoms with Crippen molar-refractivity contribution >= 4 is 27.4 Å². The fourth-order valence-electron chi connectivity index (χ4n) is 1.24. The van der Waals surface area contributed by atoms with Gasteiger partial charge in [0.15, 0.2) is 0 Å². The molecule has 0 spiro atoms. The first-order valence-electron chi connectivity index (χ1n) is 4.88. The molecule has 0 unspecified atom stereocenters. The highest BCUT2D eigenvalue weighted by molar-refractivity contribution is 9.10. The van der Waals surface area contributed by atoms with Crippen LogP contribution >= 0.6 is 15.9 Å². The summed E-state index contributed by atoms with van der Waals surface area (Å²) in [6, 6.07) is 1.88. The Balaban J connectivity index is 2.20. The van der Waals surface area contributed by atoms with E-state index in [-0.39, 0.29) is 6.54 Å². The molecule has 86 valence electrons. The third-order valence-electron chi connectivity index (χ3n) is 2.03. The standard InChI is InChI=1S/C10H12BrFN4/c1-10(2,12)6-14-9-13-5-8-7(11)3-4-16(8)15-9/h3-5H,6H2,1-2H3,(H,14,15). The van der Waals surface area contributed by atoms with Gasteiger partial charge in [-0.05, 0) is 35.8 Å². The number of fused-ring (bicyclic) bond motifs is 1. The van der Waals surface area contributed by atoms with E-state index >= 15 is 0 Å². The van der Waals surface area contributed by atoms with Crippen molar-refractivity contribution in [3.8, 4) is 0 Å². The maximum absolute atomic E-state index is 13.3. The van der Waals surface area contributed by atoms with Gasteiger partial charge >= 0.3 is 0 Å². The van der Waals surface area contributed by atoms with Gasteiger partial charge in [-0.15, -0.1) is 5.10 Å². The summed E-state index contributed by atoms with van der Waals surface area (Å²) in [6.45, 7) is 3.19. The largest absolute Gasteiger partial charge is 0.350 e. The molecule has 4 nitrogen and oxygen atoms in total.